The molecule has 0 radical (unpaired) electrons. The Bertz CT molecular complexity index is 2070. The lowest BCUT2D eigenvalue weighted by Gasteiger charge is -2.36. The molecule has 5 bridgehead atoms. The number of benzene rings is 3. The number of phenolic OH excluding ortho intramolecular Hbond substituents is 3. The molecule has 13 nitrogen and oxygen atoms in total. The van der Waals surface area contributed by atoms with Gasteiger partial charge in [-0.1, -0.05) is 64.1 Å². The van der Waals surface area contributed by atoms with Gasteiger partial charge in [0.25, 0.3) is 11.7 Å². The van der Waals surface area contributed by atoms with Crippen LogP contribution in [-0.2, 0) is 14.3 Å². The number of rotatable bonds is 3. The number of nitrogens with one attached hydrogen (secondary N) is 1. The normalized spacial score (nSPS) is 31.5. The maximum Gasteiger partial charge on any atom is 0.312 e. The fraction of sp³-hybridized carbons (Fsp3) is 0.405. The number of ketones is 1. The minimum absolute atomic E-state index is 0.0566. The van der Waals surface area contributed by atoms with Crippen molar-refractivity contribution in [1.82, 2.24) is 0 Å². The molecule has 0 aliphatic carbocycles. The molecule has 0 aromatic heterocycles. The molecule has 3 aliphatic rings. The van der Waals surface area contributed by atoms with Gasteiger partial charge in [0, 0.05) is 60.4 Å². The third-order valence-corrected chi connectivity index (χ3v) is 10.9. The van der Waals surface area contributed by atoms with Gasteiger partial charge in [0.05, 0.1) is 58.6 Å². The summed E-state index contributed by atoms with van der Waals surface area (Å²) in [6.45, 7) is 11.2. The Labute approximate surface area is 319 Å². The number of hydrogen-bond acceptors (Lipinski definition) is 12. The summed E-state index contributed by atoms with van der Waals surface area (Å²) < 4.78 is 17.6. The second kappa shape index (κ2) is 16.3. The summed E-state index contributed by atoms with van der Waals surface area (Å²) >= 11 is 0. The summed E-state index contributed by atoms with van der Waals surface area (Å²) in [6, 6.07) is 8.69. The lowest BCUT2D eigenvalue weighted by Crippen LogP contribution is -2.44. The van der Waals surface area contributed by atoms with Crippen molar-refractivity contribution in [2.24, 2.45) is 28.7 Å². The van der Waals surface area contributed by atoms with Gasteiger partial charge in [-0.3, -0.25) is 14.6 Å². The number of carbonyl (C=O) groups excluding carboxylic acids is 2. The van der Waals surface area contributed by atoms with Gasteiger partial charge in [-0.25, -0.2) is 0 Å². The topological polar surface area (TPSA) is 208 Å². The number of aliphatic hydroxyl groups is 3. The quantitative estimate of drug-likeness (QED) is 0.0946. The van der Waals surface area contributed by atoms with E-state index in [1.165, 1.54) is 52.5 Å². The first-order valence-corrected chi connectivity index (χ1v) is 18.1. The van der Waals surface area contributed by atoms with E-state index in [1.807, 2.05) is 0 Å². The minimum Gasteiger partial charge on any atom is -0.507 e. The molecule has 3 aromatic rings. The molecule has 0 saturated heterocycles. The van der Waals surface area contributed by atoms with Crippen LogP contribution in [0.25, 0.3) is 10.8 Å². The number of amides is 1. The lowest BCUT2D eigenvalue weighted by molar-refractivity contribution is -0.112. The van der Waals surface area contributed by atoms with Crippen LogP contribution >= 0.6 is 0 Å². The van der Waals surface area contributed by atoms with Crippen molar-refractivity contribution in [3.8, 4) is 23.0 Å². The van der Waals surface area contributed by atoms with Gasteiger partial charge in [0.2, 0.25) is 0 Å². The summed E-state index contributed by atoms with van der Waals surface area (Å²) in [5.41, 5.74) is 0.0712. The highest BCUT2D eigenvalue weighted by molar-refractivity contribution is 6.24. The molecular weight excluding hydrogens is 708 g/mol. The first-order valence-electron chi connectivity index (χ1n) is 18.1. The number of nitrogens with zero attached hydrogens (tertiary/aromatic N) is 1. The number of aliphatic imine (C=N–C) groups is 1. The van der Waals surface area contributed by atoms with E-state index in [0.717, 1.165) is 0 Å². The monoisotopic (exact) mass is 758 g/mol. The Morgan fingerprint density at radius 2 is 1.49 bits per heavy atom. The fourth-order valence-corrected chi connectivity index (χ4v) is 7.13. The summed E-state index contributed by atoms with van der Waals surface area (Å²) in [4.78, 5) is 32.3. The van der Waals surface area contributed by atoms with E-state index in [1.54, 1.807) is 70.2 Å². The maximum absolute atomic E-state index is 14.3. The van der Waals surface area contributed by atoms with E-state index in [9.17, 15) is 40.2 Å². The predicted molar refractivity (Wildman–Crippen MR) is 208 cm³/mol. The van der Waals surface area contributed by atoms with Crippen LogP contribution < -0.4 is 10.1 Å². The smallest absolute Gasteiger partial charge is 0.312 e. The summed E-state index contributed by atoms with van der Waals surface area (Å²) in [6.07, 6.45) is 4.65. The van der Waals surface area contributed by atoms with Crippen LogP contribution in [0, 0.1) is 30.6 Å². The molecule has 0 unspecified atom stereocenters. The van der Waals surface area contributed by atoms with Gasteiger partial charge >= 0.3 is 5.79 Å². The third-order valence-electron chi connectivity index (χ3n) is 10.9. The highest BCUT2D eigenvalue weighted by atomic mass is 16.7. The molecule has 7 N–H and O–H groups in total. The molecule has 0 fully saturated rings. The zero-order valence-electron chi connectivity index (χ0n) is 32.1. The summed E-state index contributed by atoms with van der Waals surface area (Å²) in [5.74, 6) is -7.73. The summed E-state index contributed by atoms with van der Waals surface area (Å²) in [5, 5.41) is 71.0. The van der Waals surface area contributed by atoms with Gasteiger partial charge in [-0.05, 0) is 32.1 Å². The molecule has 0 saturated carbocycles. The van der Waals surface area contributed by atoms with E-state index in [2.05, 4.69) is 10.3 Å². The molecular formula is C42H50N2O11. The predicted octanol–water partition coefficient (Wildman–Crippen LogP) is 5.93. The van der Waals surface area contributed by atoms with Crippen LogP contribution in [0.15, 0.2) is 71.5 Å². The van der Waals surface area contributed by atoms with E-state index in [-0.39, 0.29) is 44.5 Å². The van der Waals surface area contributed by atoms with Gasteiger partial charge in [-0.2, -0.15) is 0 Å². The van der Waals surface area contributed by atoms with Crippen LogP contribution in [0.2, 0.25) is 0 Å². The molecule has 3 aromatic carbocycles. The number of anilines is 1. The first kappa shape index (κ1) is 41.0. The third kappa shape index (κ3) is 7.70. The number of aromatic hydroxyl groups is 3. The standard InChI is InChI=1S/C42H50N2O11/c1-20-13-12-14-21(2)41(52)44-32-27(19-43-26-15-10-9-11-16-26)37(49)29-30(38(32)50)36(48)25(6)39-31(29)40(51)42(7,55-39)54-18-17-28(53-8)22(3)34(46)24(5)35(47)23(4)33(20)45/h9-20,22-24,28,33-35,45-50H,1-8H3,(H,44,52)/b13-12+,18-17+,21-14-,43-19?/t20-,22-,23-,24+,28+,33+,34-,35+,42+/m1/s1. The van der Waals surface area contributed by atoms with Crippen LogP contribution in [0.5, 0.6) is 23.0 Å². The van der Waals surface area contributed by atoms with E-state index < -0.39 is 82.8 Å². The van der Waals surface area contributed by atoms with Crippen molar-refractivity contribution >= 4 is 40.1 Å². The number of phenols is 3. The molecule has 0 spiro atoms. The Hall–Kier alpha value is -5.21. The number of methoxy groups -OCH3 is 1. The molecule has 3 aliphatic heterocycles. The number of allylic oxidation sites excluding steroid dienone is 2. The van der Waals surface area contributed by atoms with Crippen molar-refractivity contribution in [3.05, 3.63) is 83.2 Å². The Balaban J connectivity index is 1.72. The molecule has 9 atom stereocenters. The van der Waals surface area contributed by atoms with Gasteiger partial charge < -0.3 is 50.2 Å². The number of fused-ring (bicyclic) bond motifs is 14. The van der Waals surface area contributed by atoms with Crippen LogP contribution in [-0.4, -0.2) is 85.9 Å². The van der Waals surface area contributed by atoms with Crippen molar-refractivity contribution < 1.29 is 54.4 Å². The molecule has 294 valence electrons. The number of aliphatic hydroxyl groups excluding tert-OH is 3. The largest absolute Gasteiger partial charge is 0.507 e. The second-order valence-electron chi connectivity index (χ2n) is 14.6. The van der Waals surface area contributed by atoms with Crippen molar-refractivity contribution in [1.29, 1.82) is 0 Å². The average Bonchev–Trinajstić information content (AvgIpc) is 3.44. The minimum atomic E-state index is -2.02. The first-order chi connectivity index (χ1) is 25.9. The Morgan fingerprint density at radius 1 is 0.855 bits per heavy atom. The Kier molecular flexibility index (Phi) is 12.1. The maximum atomic E-state index is 14.3. The molecule has 55 heavy (non-hydrogen) atoms. The average molecular weight is 759 g/mol. The van der Waals surface area contributed by atoms with E-state index >= 15 is 0 Å². The number of ether oxygens (including phenoxy) is 3. The van der Waals surface area contributed by atoms with E-state index in [4.69, 9.17) is 14.2 Å². The van der Waals surface area contributed by atoms with Crippen molar-refractivity contribution in [3.63, 3.8) is 0 Å². The zero-order chi connectivity index (χ0) is 40.5. The molecule has 1 amide bonds. The molecule has 13 heteroatoms. The Morgan fingerprint density at radius 3 is 2.15 bits per heavy atom. The fourth-order valence-electron chi connectivity index (χ4n) is 7.13. The van der Waals surface area contributed by atoms with E-state index in [0.29, 0.717) is 5.69 Å². The highest BCUT2D eigenvalue weighted by Gasteiger charge is 2.49. The van der Waals surface area contributed by atoms with Gasteiger partial charge in [0.15, 0.2) is 5.75 Å². The van der Waals surface area contributed by atoms with Crippen molar-refractivity contribution in [2.75, 3.05) is 12.4 Å². The lowest BCUT2D eigenvalue weighted by atomic mass is 9.78. The zero-order valence-corrected chi connectivity index (χ0v) is 32.1. The molecule has 3 heterocycles. The summed E-state index contributed by atoms with van der Waals surface area (Å²) in [7, 11) is 1.43. The second-order valence-corrected chi connectivity index (χ2v) is 14.6. The number of hydrogen-bond donors (Lipinski definition) is 7. The van der Waals surface area contributed by atoms with Gasteiger partial charge in [-0.15, -0.1) is 0 Å². The van der Waals surface area contributed by atoms with Crippen LogP contribution in [0.4, 0.5) is 11.4 Å². The highest BCUT2D eigenvalue weighted by Crippen LogP contribution is 2.55. The molecule has 6 rings (SSSR count). The number of Topliss-reactive ketones (excluding diaryl/α,β-unsaturated/α-hetero) is 1. The van der Waals surface area contributed by atoms with Crippen LogP contribution in [0.1, 0.15) is 63.0 Å². The van der Waals surface area contributed by atoms with Crippen molar-refractivity contribution in [2.45, 2.75) is 78.7 Å². The number of carbonyl (C=O) groups is 2. The SMILES string of the molecule is CO[C@H]1/C=C/O[C@@]2(C)Oc3c(C)c(O)c4c(O)c(c(C=Nc5ccccc5)c(O)c4c3C2=O)NC(=O)/C(C)=C\C=C\[C@@H](C)[C@H](O)[C@@H](C)[C@H](O)[C@@H](C)[C@H](O)[C@@H]1C. The van der Waals surface area contributed by atoms with Gasteiger partial charge in [0.1, 0.15) is 17.2 Å². The number of para-hydroxylation sites is 1. The van der Waals surface area contributed by atoms with Crippen LogP contribution in [0.3, 0.4) is 0 Å².